The van der Waals surface area contributed by atoms with Crippen LogP contribution < -0.4 is 21.7 Å². The Morgan fingerprint density at radius 2 is 1.59 bits per heavy atom. The molecule has 0 bridgehead atoms. The first-order valence-corrected chi connectivity index (χ1v) is 14.3. The van der Waals surface area contributed by atoms with Crippen LogP contribution in [-0.4, -0.2) is 82.2 Å². The lowest BCUT2D eigenvalue weighted by atomic mass is 9.99. The molecule has 0 aromatic heterocycles. The number of halogens is 1. The summed E-state index contributed by atoms with van der Waals surface area (Å²) in [4.78, 5) is 65.0. The number of carbonyl (C=O) groups excluding carboxylic acids is 5. The molecule has 1 fully saturated rings. The van der Waals surface area contributed by atoms with Gasteiger partial charge in [-0.15, -0.1) is 0 Å². The Hall–Kier alpha value is -4.52. The standard InChI is InChI=1S/C31H40FN5O7/c1-31(2,3)36-28(41)24-15-21(32)17-37(24)29(42)26(39)22(14-19-10-6-4-7-11-19)34-27(40)23(16-25(33)38)35-30(43)44-18-20-12-8-5-9-13-20/h4-13,21-24,26,39H,14-18H2,1-3H3,(H2,33,38)(H,34,40)(H,35,43)(H,36,41)/t21?,22-,23-,24-,26-/m0/s1. The van der Waals surface area contributed by atoms with E-state index in [-0.39, 0.29) is 19.4 Å². The van der Waals surface area contributed by atoms with Crippen LogP contribution in [0.1, 0.15) is 44.7 Å². The largest absolute Gasteiger partial charge is 0.445 e. The Balaban J connectivity index is 1.79. The number of alkyl halides is 1. The second-order valence-corrected chi connectivity index (χ2v) is 11.8. The average Bonchev–Trinajstić information content (AvgIpc) is 3.36. The lowest BCUT2D eigenvalue weighted by Gasteiger charge is -2.32. The first-order valence-electron chi connectivity index (χ1n) is 14.3. The van der Waals surface area contributed by atoms with E-state index in [1.165, 1.54) is 0 Å². The maximum Gasteiger partial charge on any atom is 0.408 e. The van der Waals surface area contributed by atoms with Gasteiger partial charge in [-0.05, 0) is 38.3 Å². The number of nitrogens with two attached hydrogens (primary N) is 1. The molecule has 5 atom stereocenters. The number of nitrogens with one attached hydrogen (secondary N) is 3. The maximum atomic E-state index is 14.5. The molecule has 2 aromatic rings. The molecule has 0 aliphatic carbocycles. The number of likely N-dealkylation sites (tertiary alicyclic amines) is 1. The number of alkyl carbamates (subject to hydrolysis) is 1. The van der Waals surface area contributed by atoms with Crippen LogP contribution in [-0.2, 0) is 36.9 Å². The highest BCUT2D eigenvalue weighted by Crippen LogP contribution is 2.23. The molecule has 5 amide bonds. The molecule has 0 spiro atoms. The number of primary amides is 1. The van der Waals surface area contributed by atoms with Gasteiger partial charge < -0.3 is 36.4 Å². The molecule has 238 valence electrons. The lowest BCUT2D eigenvalue weighted by Crippen LogP contribution is -2.59. The molecular formula is C31H40FN5O7. The molecule has 1 heterocycles. The van der Waals surface area contributed by atoms with E-state index in [4.69, 9.17) is 10.5 Å². The van der Waals surface area contributed by atoms with E-state index < -0.39 is 78.6 Å². The number of ether oxygens (including phenoxy) is 1. The summed E-state index contributed by atoms with van der Waals surface area (Å²) in [5.74, 6) is -3.34. The highest BCUT2D eigenvalue weighted by Gasteiger charge is 2.44. The number of hydrogen-bond donors (Lipinski definition) is 5. The van der Waals surface area contributed by atoms with Crippen molar-refractivity contribution < 1.29 is 38.2 Å². The van der Waals surface area contributed by atoms with E-state index in [0.29, 0.717) is 11.1 Å². The van der Waals surface area contributed by atoms with Gasteiger partial charge in [-0.2, -0.15) is 0 Å². The molecule has 1 aliphatic heterocycles. The molecule has 0 saturated carbocycles. The minimum atomic E-state index is -1.91. The van der Waals surface area contributed by atoms with Crippen molar-refractivity contribution in [3.8, 4) is 0 Å². The molecule has 12 nitrogen and oxygen atoms in total. The second kappa shape index (κ2) is 15.3. The number of rotatable bonds is 12. The Morgan fingerprint density at radius 1 is 1.00 bits per heavy atom. The SMILES string of the molecule is CC(C)(C)NC(=O)[C@@H]1CC(F)CN1C(=O)[C@@H](O)[C@H](Cc1ccccc1)NC(=O)[C@H](CC(N)=O)NC(=O)OCc1ccccc1. The number of nitrogens with zero attached hydrogens (tertiary/aromatic N) is 1. The van der Waals surface area contributed by atoms with Crippen LogP contribution >= 0.6 is 0 Å². The first-order chi connectivity index (χ1) is 20.7. The van der Waals surface area contributed by atoms with Gasteiger partial charge in [-0.25, -0.2) is 9.18 Å². The van der Waals surface area contributed by atoms with E-state index in [1.807, 2.05) is 0 Å². The molecule has 13 heteroatoms. The third-order valence-corrected chi connectivity index (χ3v) is 6.82. The van der Waals surface area contributed by atoms with Gasteiger partial charge in [-0.3, -0.25) is 19.2 Å². The maximum absolute atomic E-state index is 14.5. The predicted molar refractivity (Wildman–Crippen MR) is 158 cm³/mol. The summed E-state index contributed by atoms with van der Waals surface area (Å²) in [6, 6.07) is 13.5. The van der Waals surface area contributed by atoms with Crippen molar-refractivity contribution in [1.29, 1.82) is 0 Å². The predicted octanol–water partition coefficient (Wildman–Crippen LogP) is 1.10. The minimum absolute atomic E-state index is 0.0486. The summed E-state index contributed by atoms with van der Waals surface area (Å²) >= 11 is 0. The smallest absolute Gasteiger partial charge is 0.408 e. The third-order valence-electron chi connectivity index (χ3n) is 6.82. The minimum Gasteiger partial charge on any atom is -0.445 e. The molecule has 44 heavy (non-hydrogen) atoms. The number of carbonyl (C=O) groups is 5. The van der Waals surface area contributed by atoms with E-state index in [9.17, 15) is 33.5 Å². The van der Waals surface area contributed by atoms with Gasteiger partial charge in [0.2, 0.25) is 17.7 Å². The molecule has 2 aromatic carbocycles. The van der Waals surface area contributed by atoms with Gasteiger partial charge in [0.05, 0.1) is 19.0 Å². The van der Waals surface area contributed by atoms with Crippen molar-refractivity contribution >= 4 is 29.7 Å². The number of amides is 5. The summed E-state index contributed by atoms with van der Waals surface area (Å²) in [5.41, 5.74) is 6.00. The molecule has 1 aliphatic rings. The van der Waals surface area contributed by atoms with Gasteiger partial charge >= 0.3 is 6.09 Å². The summed E-state index contributed by atoms with van der Waals surface area (Å²) in [6.07, 6.45) is -5.29. The van der Waals surface area contributed by atoms with Crippen LogP contribution in [0.2, 0.25) is 0 Å². The third kappa shape index (κ3) is 10.3. The van der Waals surface area contributed by atoms with Crippen LogP contribution in [0.5, 0.6) is 0 Å². The van der Waals surface area contributed by atoms with Gasteiger partial charge in [-0.1, -0.05) is 60.7 Å². The van der Waals surface area contributed by atoms with Crippen LogP contribution in [0.25, 0.3) is 0 Å². The zero-order chi connectivity index (χ0) is 32.4. The van der Waals surface area contributed by atoms with E-state index in [0.717, 1.165) is 4.90 Å². The molecule has 1 saturated heterocycles. The normalized spacial score (nSPS) is 18.4. The van der Waals surface area contributed by atoms with Crippen molar-refractivity contribution in [2.45, 2.75) is 82.6 Å². The van der Waals surface area contributed by atoms with Crippen LogP contribution in [0.3, 0.4) is 0 Å². The molecule has 0 radical (unpaired) electrons. The Bertz CT molecular complexity index is 1310. The van der Waals surface area contributed by atoms with Gasteiger partial charge in [0.25, 0.3) is 5.91 Å². The highest BCUT2D eigenvalue weighted by atomic mass is 19.1. The fraction of sp³-hybridized carbons (Fsp3) is 0.452. The number of benzene rings is 2. The Morgan fingerprint density at radius 3 is 2.16 bits per heavy atom. The zero-order valence-corrected chi connectivity index (χ0v) is 25.0. The van der Waals surface area contributed by atoms with Crippen LogP contribution in [0.4, 0.5) is 9.18 Å². The Labute approximate surface area is 255 Å². The number of aliphatic hydroxyl groups excluding tert-OH is 1. The molecule has 6 N–H and O–H groups in total. The summed E-state index contributed by atoms with van der Waals surface area (Å²) in [6.45, 7) is 4.72. The van der Waals surface area contributed by atoms with Gasteiger partial charge in [0, 0.05) is 12.0 Å². The highest BCUT2D eigenvalue weighted by molar-refractivity contribution is 5.93. The first kappa shape index (κ1) is 34.0. The van der Waals surface area contributed by atoms with Crippen LogP contribution in [0, 0.1) is 0 Å². The van der Waals surface area contributed by atoms with Crippen LogP contribution in [0.15, 0.2) is 60.7 Å². The van der Waals surface area contributed by atoms with E-state index >= 15 is 0 Å². The summed E-state index contributed by atoms with van der Waals surface area (Å²) < 4.78 is 19.7. The number of hydrogen-bond acceptors (Lipinski definition) is 7. The van der Waals surface area contributed by atoms with E-state index in [2.05, 4.69) is 16.0 Å². The quantitative estimate of drug-likeness (QED) is 0.238. The summed E-state index contributed by atoms with van der Waals surface area (Å²) in [5, 5.41) is 18.8. The van der Waals surface area contributed by atoms with E-state index in [1.54, 1.807) is 81.4 Å². The van der Waals surface area contributed by atoms with Gasteiger partial charge in [0.15, 0.2) is 6.10 Å². The molecule has 1 unspecified atom stereocenters. The monoisotopic (exact) mass is 613 g/mol. The Kier molecular flexibility index (Phi) is 11.8. The zero-order valence-electron chi connectivity index (χ0n) is 25.0. The lowest BCUT2D eigenvalue weighted by molar-refractivity contribution is -0.147. The fourth-order valence-electron chi connectivity index (χ4n) is 4.78. The van der Waals surface area contributed by atoms with Gasteiger partial charge in [0.1, 0.15) is 24.9 Å². The second-order valence-electron chi connectivity index (χ2n) is 11.8. The fourth-order valence-corrected chi connectivity index (χ4v) is 4.78. The topological polar surface area (TPSA) is 180 Å². The van der Waals surface area contributed by atoms with Crippen molar-refractivity contribution in [1.82, 2.24) is 20.9 Å². The summed E-state index contributed by atoms with van der Waals surface area (Å²) in [7, 11) is 0. The van der Waals surface area contributed by atoms with Crippen molar-refractivity contribution in [2.24, 2.45) is 5.73 Å². The molecule has 3 rings (SSSR count). The van der Waals surface area contributed by atoms with Crippen molar-refractivity contribution in [2.75, 3.05) is 6.54 Å². The molecular weight excluding hydrogens is 573 g/mol. The average molecular weight is 614 g/mol. The number of aliphatic hydroxyl groups is 1. The van der Waals surface area contributed by atoms with Crippen molar-refractivity contribution in [3.05, 3.63) is 71.8 Å². The van der Waals surface area contributed by atoms with Crippen molar-refractivity contribution in [3.63, 3.8) is 0 Å².